The number of primary amides is 1. The van der Waals surface area contributed by atoms with Crippen molar-refractivity contribution in [3.05, 3.63) is 64.8 Å². The first-order valence-electron chi connectivity index (χ1n) is 6.80. The molecule has 0 bridgehead atoms. The number of urea groups is 1. The van der Waals surface area contributed by atoms with Gasteiger partial charge >= 0.3 is 6.03 Å². The smallest absolute Gasteiger partial charge is 0.332 e. The Morgan fingerprint density at radius 3 is 2.40 bits per heavy atom. The van der Waals surface area contributed by atoms with Gasteiger partial charge in [-0.05, 0) is 80.6 Å². The van der Waals surface area contributed by atoms with Crippen molar-refractivity contribution in [3.8, 4) is 5.75 Å². The van der Waals surface area contributed by atoms with Crippen molar-refractivity contribution in [2.75, 3.05) is 0 Å². The standard InChI is InChI=1S/C15H12I2N4O4/c16-12-5-10(7-19-20-15(18)22)6-13(17)14(12)25-8-9-1-3-11(4-2-9)21(23)24/h1-7H,8H2,(H3,18,20,22)/b19-7-. The molecule has 0 fully saturated rings. The highest BCUT2D eigenvalue weighted by atomic mass is 127. The largest absolute Gasteiger partial charge is 0.487 e. The number of nitro groups is 1. The number of nitro benzene ring substituents is 1. The Balaban J connectivity index is 2.08. The van der Waals surface area contributed by atoms with Gasteiger partial charge < -0.3 is 10.5 Å². The van der Waals surface area contributed by atoms with Gasteiger partial charge in [0.15, 0.2) is 0 Å². The van der Waals surface area contributed by atoms with Crippen LogP contribution in [-0.4, -0.2) is 17.2 Å². The molecule has 0 saturated heterocycles. The number of rotatable bonds is 6. The van der Waals surface area contributed by atoms with Crippen LogP contribution in [0.4, 0.5) is 10.5 Å². The number of ether oxygens (including phenoxy) is 1. The van der Waals surface area contributed by atoms with Gasteiger partial charge in [0.1, 0.15) is 12.4 Å². The van der Waals surface area contributed by atoms with Gasteiger partial charge in [0.05, 0.1) is 18.3 Å². The summed E-state index contributed by atoms with van der Waals surface area (Å²) in [6.07, 6.45) is 1.48. The molecule has 0 aliphatic rings. The van der Waals surface area contributed by atoms with Crippen LogP contribution in [0.2, 0.25) is 0 Å². The number of nitrogens with zero attached hydrogens (tertiary/aromatic N) is 2. The van der Waals surface area contributed by atoms with Gasteiger partial charge in [-0.15, -0.1) is 0 Å². The Morgan fingerprint density at radius 2 is 1.88 bits per heavy atom. The van der Waals surface area contributed by atoms with Crippen LogP contribution in [0.5, 0.6) is 5.75 Å². The fraction of sp³-hybridized carbons (Fsp3) is 0.0667. The number of amides is 2. The van der Waals surface area contributed by atoms with Gasteiger partial charge in [-0.25, -0.2) is 10.2 Å². The van der Waals surface area contributed by atoms with E-state index in [-0.39, 0.29) is 5.69 Å². The maximum absolute atomic E-state index is 10.7. The molecule has 8 nitrogen and oxygen atoms in total. The SMILES string of the molecule is NC(=O)N/N=C\c1cc(I)c(OCc2ccc([N+](=O)[O-])cc2)c(I)c1. The van der Waals surface area contributed by atoms with Gasteiger partial charge in [0.25, 0.3) is 5.69 Å². The van der Waals surface area contributed by atoms with Gasteiger partial charge in [-0.1, -0.05) is 0 Å². The number of halogens is 2. The van der Waals surface area contributed by atoms with Crippen LogP contribution in [-0.2, 0) is 6.61 Å². The number of carbonyl (C=O) groups excluding carboxylic acids is 1. The minimum Gasteiger partial charge on any atom is -0.487 e. The molecule has 0 aliphatic carbocycles. The molecule has 2 rings (SSSR count). The zero-order chi connectivity index (χ0) is 18.4. The highest BCUT2D eigenvalue weighted by molar-refractivity contribution is 14.1. The van der Waals surface area contributed by atoms with E-state index >= 15 is 0 Å². The Morgan fingerprint density at radius 1 is 1.28 bits per heavy atom. The number of hydrogen-bond donors (Lipinski definition) is 2. The summed E-state index contributed by atoms with van der Waals surface area (Å²) in [7, 11) is 0. The highest BCUT2D eigenvalue weighted by Gasteiger charge is 2.10. The van der Waals surface area contributed by atoms with Crippen molar-refractivity contribution in [1.29, 1.82) is 0 Å². The zero-order valence-electron chi connectivity index (χ0n) is 12.6. The van der Waals surface area contributed by atoms with Crippen molar-refractivity contribution in [3.63, 3.8) is 0 Å². The molecule has 0 spiro atoms. The third kappa shape index (κ3) is 5.81. The molecule has 0 radical (unpaired) electrons. The summed E-state index contributed by atoms with van der Waals surface area (Å²) in [6.45, 7) is 0.292. The Labute approximate surface area is 170 Å². The molecule has 130 valence electrons. The van der Waals surface area contributed by atoms with Crippen LogP contribution in [0.1, 0.15) is 11.1 Å². The normalized spacial score (nSPS) is 10.6. The predicted molar refractivity (Wildman–Crippen MR) is 110 cm³/mol. The molecule has 2 aromatic carbocycles. The number of carbonyl (C=O) groups is 1. The van der Waals surface area contributed by atoms with Crippen molar-refractivity contribution in [2.24, 2.45) is 10.8 Å². The summed E-state index contributed by atoms with van der Waals surface area (Å²) in [5, 5.41) is 14.4. The van der Waals surface area contributed by atoms with Crippen LogP contribution >= 0.6 is 45.2 Å². The van der Waals surface area contributed by atoms with Crippen molar-refractivity contribution >= 4 is 63.1 Å². The van der Waals surface area contributed by atoms with E-state index in [9.17, 15) is 14.9 Å². The molecular weight excluding hydrogens is 554 g/mol. The summed E-state index contributed by atoms with van der Waals surface area (Å²) in [6, 6.07) is 9.17. The average molecular weight is 566 g/mol. The summed E-state index contributed by atoms with van der Waals surface area (Å²) < 4.78 is 7.57. The summed E-state index contributed by atoms with van der Waals surface area (Å²) in [5.41, 5.74) is 8.72. The molecule has 2 aromatic rings. The first kappa shape index (κ1) is 19.4. The number of nitrogens with one attached hydrogen (secondary N) is 1. The highest BCUT2D eigenvalue weighted by Crippen LogP contribution is 2.29. The first-order chi connectivity index (χ1) is 11.9. The topological polar surface area (TPSA) is 120 Å². The van der Waals surface area contributed by atoms with E-state index in [4.69, 9.17) is 10.5 Å². The molecule has 25 heavy (non-hydrogen) atoms. The van der Waals surface area contributed by atoms with Gasteiger partial charge in [0, 0.05) is 12.1 Å². The maximum atomic E-state index is 10.7. The van der Waals surface area contributed by atoms with Crippen LogP contribution in [0.15, 0.2) is 41.5 Å². The molecule has 0 saturated carbocycles. The molecular formula is C15H12I2N4O4. The fourth-order valence-corrected chi connectivity index (χ4v) is 3.96. The lowest BCUT2D eigenvalue weighted by molar-refractivity contribution is -0.384. The van der Waals surface area contributed by atoms with Crippen LogP contribution in [0.3, 0.4) is 0 Å². The first-order valence-corrected chi connectivity index (χ1v) is 8.96. The van der Waals surface area contributed by atoms with E-state index < -0.39 is 11.0 Å². The number of nitrogens with two attached hydrogens (primary N) is 1. The third-order valence-corrected chi connectivity index (χ3v) is 4.54. The number of hydrogen-bond acceptors (Lipinski definition) is 5. The lowest BCUT2D eigenvalue weighted by Gasteiger charge is -2.11. The minimum absolute atomic E-state index is 0.0427. The van der Waals surface area contributed by atoms with E-state index in [1.54, 1.807) is 12.1 Å². The van der Waals surface area contributed by atoms with Gasteiger partial charge in [-0.3, -0.25) is 10.1 Å². The third-order valence-electron chi connectivity index (χ3n) is 2.94. The Kier molecular flexibility index (Phi) is 6.92. The molecule has 0 unspecified atom stereocenters. The van der Waals surface area contributed by atoms with Crippen molar-refractivity contribution in [1.82, 2.24) is 5.43 Å². The number of benzene rings is 2. The van der Waals surface area contributed by atoms with Gasteiger partial charge in [-0.2, -0.15) is 5.10 Å². The average Bonchev–Trinajstić information content (AvgIpc) is 2.54. The molecule has 10 heteroatoms. The second-order valence-electron chi connectivity index (χ2n) is 4.76. The zero-order valence-corrected chi connectivity index (χ0v) is 16.9. The van der Waals surface area contributed by atoms with Crippen molar-refractivity contribution in [2.45, 2.75) is 6.61 Å². The van der Waals surface area contributed by atoms with Crippen molar-refractivity contribution < 1.29 is 14.5 Å². The second-order valence-corrected chi connectivity index (χ2v) is 7.08. The lowest BCUT2D eigenvalue weighted by atomic mass is 10.2. The number of hydrazone groups is 1. The molecule has 0 atom stereocenters. The monoisotopic (exact) mass is 566 g/mol. The molecule has 0 aromatic heterocycles. The Bertz CT molecular complexity index is 802. The van der Waals surface area contributed by atoms with E-state index in [1.807, 2.05) is 12.1 Å². The lowest BCUT2D eigenvalue weighted by Crippen LogP contribution is -2.24. The van der Waals surface area contributed by atoms with Gasteiger partial charge in [0.2, 0.25) is 0 Å². The molecule has 2 amide bonds. The minimum atomic E-state index is -0.733. The summed E-state index contributed by atoms with van der Waals surface area (Å²) in [4.78, 5) is 20.8. The van der Waals surface area contributed by atoms with Crippen LogP contribution in [0, 0.1) is 17.3 Å². The van der Waals surface area contributed by atoms with E-state index in [0.717, 1.165) is 18.3 Å². The predicted octanol–water partition coefficient (Wildman–Crippen LogP) is 3.39. The van der Waals surface area contributed by atoms with E-state index in [1.165, 1.54) is 18.3 Å². The number of non-ortho nitro benzene ring substituents is 1. The quantitative estimate of drug-likeness (QED) is 0.241. The fourth-order valence-electron chi connectivity index (χ4n) is 1.83. The Hall–Kier alpha value is -1.96. The summed E-state index contributed by atoms with van der Waals surface area (Å²) >= 11 is 4.28. The maximum Gasteiger partial charge on any atom is 0.332 e. The van der Waals surface area contributed by atoms with E-state index in [2.05, 4.69) is 55.7 Å². The molecule has 3 N–H and O–H groups in total. The molecule has 0 heterocycles. The molecule has 0 aliphatic heterocycles. The second kappa shape index (κ2) is 8.94. The summed E-state index contributed by atoms with van der Waals surface area (Å²) in [5.74, 6) is 0.708. The van der Waals surface area contributed by atoms with Crippen LogP contribution in [0.25, 0.3) is 0 Å². The van der Waals surface area contributed by atoms with Crippen LogP contribution < -0.4 is 15.9 Å². The van der Waals surface area contributed by atoms with E-state index in [0.29, 0.717) is 12.4 Å².